The van der Waals surface area contributed by atoms with E-state index in [9.17, 15) is 13.2 Å². The van der Waals surface area contributed by atoms with Crippen LogP contribution < -0.4 is 10.6 Å². The largest absolute Gasteiger partial charge is 0.433 e. The van der Waals surface area contributed by atoms with Crippen LogP contribution in [0, 0.1) is 0 Å². The molecule has 6 nitrogen and oxygen atoms in total. The Balaban J connectivity index is 2.05. The number of halogens is 3. The van der Waals surface area contributed by atoms with Crippen LogP contribution in [0.3, 0.4) is 0 Å². The molecule has 2 heterocycles. The molecule has 23 heavy (non-hydrogen) atoms. The zero-order valence-corrected chi connectivity index (χ0v) is 13.3. The van der Waals surface area contributed by atoms with Crippen molar-refractivity contribution in [1.82, 2.24) is 14.9 Å². The van der Waals surface area contributed by atoms with Crippen LogP contribution in [0.2, 0.25) is 0 Å². The van der Waals surface area contributed by atoms with Crippen LogP contribution in [0.4, 0.5) is 24.9 Å². The Morgan fingerprint density at radius 1 is 1.30 bits per heavy atom. The van der Waals surface area contributed by atoms with E-state index in [1.807, 2.05) is 19.0 Å². The molecule has 0 saturated carbocycles. The SMILES string of the molecule is CN(C)CCNc1nc(NC[C@H]2CCCO2)cc(C(F)(F)F)n1. The monoisotopic (exact) mass is 333 g/mol. The number of hydrogen-bond acceptors (Lipinski definition) is 6. The molecule has 0 bridgehead atoms. The van der Waals surface area contributed by atoms with E-state index in [0.717, 1.165) is 18.9 Å². The Hall–Kier alpha value is -1.61. The van der Waals surface area contributed by atoms with Crippen molar-refractivity contribution in [2.24, 2.45) is 0 Å². The van der Waals surface area contributed by atoms with Gasteiger partial charge >= 0.3 is 6.18 Å². The van der Waals surface area contributed by atoms with E-state index < -0.39 is 11.9 Å². The van der Waals surface area contributed by atoms with Gasteiger partial charge in [0.1, 0.15) is 5.82 Å². The van der Waals surface area contributed by atoms with Gasteiger partial charge in [0.05, 0.1) is 6.10 Å². The van der Waals surface area contributed by atoms with Crippen LogP contribution >= 0.6 is 0 Å². The summed E-state index contributed by atoms with van der Waals surface area (Å²) in [6.45, 7) is 2.25. The fourth-order valence-corrected chi connectivity index (χ4v) is 2.18. The molecule has 130 valence electrons. The first-order valence-corrected chi connectivity index (χ1v) is 7.55. The smallest absolute Gasteiger partial charge is 0.376 e. The highest BCUT2D eigenvalue weighted by Gasteiger charge is 2.33. The van der Waals surface area contributed by atoms with E-state index in [2.05, 4.69) is 20.6 Å². The fourth-order valence-electron chi connectivity index (χ4n) is 2.18. The first-order valence-electron chi connectivity index (χ1n) is 7.55. The van der Waals surface area contributed by atoms with Crippen LogP contribution in [0.1, 0.15) is 18.5 Å². The Labute approximate surface area is 133 Å². The average Bonchev–Trinajstić information content (AvgIpc) is 2.97. The van der Waals surface area contributed by atoms with Gasteiger partial charge in [-0.2, -0.15) is 18.2 Å². The van der Waals surface area contributed by atoms with Crippen LogP contribution in [-0.2, 0) is 10.9 Å². The summed E-state index contributed by atoms with van der Waals surface area (Å²) in [5.41, 5.74) is -0.963. The third-order valence-electron chi connectivity index (χ3n) is 3.39. The van der Waals surface area contributed by atoms with Gasteiger partial charge < -0.3 is 20.3 Å². The third kappa shape index (κ3) is 5.83. The van der Waals surface area contributed by atoms with Gasteiger partial charge in [0, 0.05) is 32.3 Å². The fraction of sp³-hybridized carbons (Fsp3) is 0.714. The number of hydrogen-bond donors (Lipinski definition) is 2. The van der Waals surface area contributed by atoms with E-state index in [-0.39, 0.29) is 17.9 Å². The number of ether oxygens (including phenoxy) is 1. The summed E-state index contributed by atoms with van der Waals surface area (Å²) in [5, 5.41) is 5.73. The Morgan fingerprint density at radius 3 is 2.70 bits per heavy atom. The molecule has 1 aliphatic heterocycles. The van der Waals surface area contributed by atoms with Crippen molar-refractivity contribution in [3.05, 3.63) is 11.8 Å². The lowest BCUT2D eigenvalue weighted by molar-refractivity contribution is -0.141. The molecular formula is C14H22F3N5O. The molecule has 1 aromatic rings. The van der Waals surface area contributed by atoms with Crippen molar-refractivity contribution < 1.29 is 17.9 Å². The number of rotatable bonds is 7. The summed E-state index contributed by atoms with van der Waals surface area (Å²) in [4.78, 5) is 9.56. The second-order valence-electron chi connectivity index (χ2n) is 5.71. The second kappa shape index (κ2) is 7.78. The summed E-state index contributed by atoms with van der Waals surface area (Å²) >= 11 is 0. The summed E-state index contributed by atoms with van der Waals surface area (Å²) in [6, 6.07) is 0.923. The molecule has 0 amide bonds. The van der Waals surface area contributed by atoms with Crippen LogP contribution in [0.15, 0.2) is 6.07 Å². The van der Waals surface area contributed by atoms with Crippen molar-refractivity contribution in [2.75, 3.05) is 51.0 Å². The Morgan fingerprint density at radius 2 is 2.09 bits per heavy atom. The lowest BCUT2D eigenvalue weighted by atomic mass is 10.2. The number of aromatic nitrogens is 2. The van der Waals surface area contributed by atoms with Gasteiger partial charge in [-0.15, -0.1) is 0 Å². The van der Waals surface area contributed by atoms with Gasteiger partial charge in [-0.1, -0.05) is 0 Å². The van der Waals surface area contributed by atoms with Crippen molar-refractivity contribution >= 4 is 11.8 Å². The summed E-state index contributed by atoms with van der Waals surface area (Å²) in [6.07, 6.45) is -2.62. The maximum absolute atomic E-state index is 13.0. The number of nitrogens with one attached hydrogen (secondary N) is 2. The molecule has 0 spiro atoms. The number of anilines is 2. The highest BCUT2D eigenvalue weighted by molar-refractivity contribution is 5.43. The van der Waals surface area contributed by atoms with Crippen molar-refractivity contribution in [3.8, 4) is 0 Å². The Bertz CT molecular complexity index is 504. The molecule has 1 fully saturated rings. The molecule has 1 aliphatic rings. The minimum atomic E-state index is -4.51. The second-order valence-corrected chi connectivity index (χ2v) is 5.71. The van der Waals surface area contributed by atoms with Gasteiger partial charge in [-0.05, 0) is 26.9 Å². The summed E-state index contributed by atoms with van der Waals surface area (Å²) < 4.78 is 44.3. The van der Waals surface area contributed by atoms with Crippen LogP contribution in [0.5, 0.6) is 0 Å². The van der Waals surface area contributed by atoms with Gasteiger partial charge in [0.15, 0.2) is 5.69 Å². The predicted octanol–water partition coefficient (Wildman–Crippen LogP) is 2.06. The number of nitrogens with zero attached hydrogens (tertiary/aromatic N) is 3. The van der Waals surface area contributed by atoms with Gasteiger partial charge in [-0.25, -0.2) is 4.98 Å². The van der Waals surface area contributed by atoms with Crippen molar-refractivity contribution in [2.45, 2.75) is 25.1 Å². The number of likely N-dealkylation sites (N-methyl/N-ethyl adjacent to an activating group) is 1. The van der Waals surface area contributed by atoms with Crippen LogP contribution in [0.25, 0.3) is 0 Å². The molecular weight excluding hydrogens is 311 g/mol. The summed E-state index contributed by atoms with van der Waals surface area (Å²) in [7, 11) is 3.76. The van der Waals surface area contributed by atoms with E-state index >= 15 is 0 Å². The third-order valence-corrected chi connectivity index (χ3v) is 3.39. The van der Waals surface area contributed by atoms with Gasteiger partial charge in [0.2, 0.25) is 5.95 Å². The van der Waals surface area contributed by atoms with Crippen LogP contribution in [-0.4, -0.2) is 61.3 Å². The lowest BCUT2D eigenvalue weighted by Gasteiger charge is -2.15. The summed E-state index contributed by atoms with van der Waals surface area (Å²) in [5.74, 6) is 0.117. The molecule has 1 atom stereocenters. The molecule has 9 heteroatoms. The zero-order valence-electron chi connectivity index (χ0n) is 13.3. The van der Waals surface area contributed by atoms with Crippen molar-refractivity contribution in [3.63, 3.8) is 0 Å². The zero-order chi connectivity index (χ0) is 16.9. The molecule has 2 rings (SSSR count). The molecule has 2 N–H and O–H groups in total. The molecule has 0 radical (unpaired) electrons. The minimum absolute atomic E-state index is 0.0180. The minimum Gasteiger partial charge on any atom is -0.376 e. The van der Waals surface area contributed by atoms with Gasteiger partial charge in [-0.3, -0.25) is 0 Å². The molecule has 1 saturated heterocycles. The van der Waals surface area contributed by atoms with Gasteiger partial charge in [0.25, 0.3) is 0 Å². The number of alkyl halides is 3. The highest BCUT2D eigenvalue weighted by atomic mass is 19.4. The quantitative estimate of drug-likeness (QED) is 0.796. The standard InChI is InChI=1S/C14H22F3N5O/c1-22(2)6-5-18-13-20-11(14(15,16)17)8-12(21-13)19-9-10-4-3-7-23-10/h8,10H,3-7,9H2,1-2H3,(H2,18,19,20,21)/t10-/m1/s1. The maximum atomic E-state index is 13.0. The van der Waals surface area contributed by atoms with E-state index in [1.165, 1.54) is 0 Å². The molecule has 0 aliphatic carbocycles. The normalized spacial score (nSPS) is 18.4. The average molecular weight is 333 g/mol. The van der Waals surface area contributed by atoms with E-state index in [0.29, 0.717) is 26.2 Å². The van der Waals surface area contributed by atoms with E-state index in [4.69, 9.17) is 4.74 Å². The predicted molar refractivity (Wildman–Crippen MR) is 81.5 cm³/mol. The molecule has 0 unspecified atom stereocenters. The Kier molecular flexibility index (Phi) is 6.00. The first-order chi connectivity index (χ1) is 10.8. The first kappa shape index (κ1) is 17.7. The van der Waals surface area contributed by atoms with Crippen molar-refractivity contribution in [1.29, 1.82) is 0 Å². The highest BCUT2D eigenvalue weighted by Crippen LogP contribution is 2.29. The molecule has 1 aromatic heterocycles. The van der Waals surface area contributed by atoms with E-state index in [1.54, 1.807) is 0 Å². The topological polar surface area (TPSA) is 62.3 Å². The molecule has 0 aromatic carbocycles. The maximum Gasteiger partial charge on any atom is 0.433 e. The lowest BCUT2D eigenvalue weighted by Crippen LogP contribution is -2.23.